The first-order valence-electron chi connectivity index (χ1n) is 10.8. The summed E-state index contributed by atoms with van der Waals surface area (Å²) in [6.45, 7) is -2.44. The van der Waals surface area contributed by atoms with E-state index in [0.717, 1.165) is 4.90 Å². The first-order chi connectivity index (χ1) is 16.5. The predicted octanol–water partition coefficient (Wildman–Crippen LogP) is -5.91. The Bertz CT molecular complexity index is 809. The highest BCUT2D eigenvalue weighted by Crippen LogP contribution is 2.18. The van der Waals surface area contributed by atoms with Crippen molar-refractivity contribution in [1.82, 2.24) is 20.9 Å². The summed E-state index contributed by atoms with van der Waals surface area (Å²) >= 11 is 0. The van der Waals surface area contributed by atoms with Crippen molar-refractivity contribution in [2.24, 2.45) is 11.5 Å². The maximum atomic E-state index is 12.6. The van der Waals surface area contributed by atoms with Gasteiger partial charge in [0.05, 0.1) is 19.8 Å². The number of rotatable bonds is 14. The quantitative estimate of drug-likeness (QED) is 0.107. The van der Waals surface area contributed by atoms with Crippen LogP contribution in [0.25, 0.3) is 0 Å². The number of carbonyl (C=O) groups excluding carboxylic acids is 5. The van der Waals surface area contributed by atoms with Crippen LogP contribution in [0.2, 0.25) is 0 Å². The Morgan fingerprint density at radius 2 is 1.40 bits per heavy atom. The molecule has 0 aromatic heterocycles. The summed E-state index contributed by atoms with van der Waals surface area (Å²) in [7, 11) is 0. The number of hydrogen-bond acceptors (Lipinski definition) is 10. The zero-order valence-corrected chi connectivity index (χ0v) is 18.9. The molecule has 1 aliphatic rings. The van der Waals surface area contributed by atoms with Crippen molar-refractivity contribution in [3.05, 3.63) is 0 Å². The summed E-state index contributed by atoms with van der Waals surface area (Å²) in [5, 5.41) is 43.9. The molecule has 16 nitrogen and oxygen atoms in total. The third kappa shape index (κ3) is 8.75. The molecule has 35 heavy (non-hydrogen) atoms. The molecule has 1 fully saturated rings. The van der Waals surface area contributed by atoms with Crippen LogP contribution in [0.5, 0.6) is 0 Å². The molecule has 0 unspecified atom stereocenters. The zero-order chi connectivity index (χ0) is 26.7. The average molecular weight is 504 g/mol. The number of nitrogens with two attached hydrogens (primary N) is 2. The van der Waals surface area contributed by atoms with Crippen molar-refractivity contribution in [3.8, 4) is 0 Å². The van der Waals surface area contributed by atoms with Gasteiger partial charge in [0, 0.05) is 13.0 Å². The van der Waals surface area contributed by atoms with Crippen LogP contribution in [0.3, 0.4) is 0 Å². The lowest BCUT2D eigenvalue weighted by molar-refractivity contribution is -0.150. The number of carboxylic acids is 1. The van der Waals surface area contributed by atoms with Crippen LogP contribution < -0.4 is 27.4 Å². The molecule has 1 heterocycles. The van der Waals surface area contributed by atoms with Gasteiger partial charge in [0.2, 0.25) is 29.5 Å². The zero-order valence-electron chi connectivity index (χ0n) is 18.9. The summed E-state index contributed by atoms with van der Waals surface area (Å²) in [6, 6.07) is -7.07. The van der Waals surface area contributed by atoms with Crippen LogP contribution in [0.15, 0.2) is 0 Å². The summed E-state index contributed by atoms with van der Waals surface area (Å²) in [6.07, 6.45) is 0.0157. The highest BCUT2D eigenvalue weighted by atomic mass is 16.4. The van der Waals surface area contributed by atoms with Crippen molar-refractivity contribution >= 4 is 35.5 Å². The highest BCUT2D eigenvalue weighted by molar-refractivity contribution is 5.95. The number of amides is 5. The smallest absolute Gasteiger partial charge is 0.326 e. The van der Waals surface area contributed by atoms with Gasteiger partial charge in [0.15, 0.2) is 0 Å². The molecular weight excluding hydrogens is 472 g/mol. The van der Waals surface area contributed by atoms with Crippen LogP contribution in [-0.4, -0.2) is 117 Å². The standard InChI is InChI=1S/C19H32N6O10/c20-9(6-26)15(30)22-10(3-4-14(21)29)16(31)23-11(7-27)17(32)24-12(8-28)18(33)25-5-1-2-13(25)19(34)35/h9-13,26-28H,1-8,20H2,(H2,21,29)(H,22,30)(H,23,31)(H,24,32)(H,34,35)/t9-,10-,11-,12-,13-/m0/s1. The molecule has 0 aromatic rings. The molecule has 11 N–H and O–H groups in total. The largest absolute Gasteiger partial charge is 0.480 e. The van der Waals surface area contributed by atoms with E-state index in [1.807, 2.05) is 0 Å². The number of nitrogens with one attached hydrogen (secondary N) is 3. The molecule has 5 atom stereocenters. The van der Waals surface area contributed by atoms with Gasteiger partial charge < -0.3 is 52.7 Å². The van der Waals surface area contributed by atoms with E-state index in [4.69, 9.17) is 16.6 Å². The van der Waals surface area contributed by atoms with Gasteiger partial charge in [-0.2, -0.15) is 0 Å². The number of hydrogen-bond donors (Lipinski definition) is 9. The summed E-state index contributed by atoms with van der Waals surface area (Å²) < 4.78 is 0. The van der Waals surface area contributed by atoms with E-state index >= 15 is 0 Å². The van der Waals surface area contributed by atoms with Gasteiger partial charge in [-0.25, -0.2) is 4.79 Å². The second kappa shape index (κ2) is 14.1. The van der Waals surface area contributed by atoms with Gasteiger partial charge in [-0.3, -0.25) is 24.0 Å². The number of likely N-dealkylation sites (tertiary alicyclic amines) is 1. The summed E-state index contributed by atoms with van der Waals surface area (Å²) in [5.74, 6) is -5.87. The van der Waals surface area contributed by atoms with Crippen LogP contribution in [-0.2, 0) is 28.8 Å². The third-order valence-corrected chi connectivity index (χ3v) is 5.28. The molecule has 1 saturated heterocycles. The number of carboxylic acid groups (broad SMARTS) is 1. The topological polar surface area (TPSA) is 275 Å². The van der Waals surface area contributed by atoms with E-state index < -0.39 is 85.5 Å². The minimum atomic E-state index is -1.64. The number of carbonyl (C=O) groups is 6. The highest BCUT2D eigenvalue weighted by Gasteiger charge is 2.38. The molecule has 198 valence electrons. The normalized spacial score (nSPS) is 18.6. The van der Waals surface area contributed by atoms with E-state index in [9.17, 15) is 44.1 Å². The predicted molar refractivity (Wildman–Crippen MR) is 116 cm³/mol. The molecule has 0 radical (unpaired) electrons. The van der Waals surface area contributed by atoms with E-state index in [-0.39, 0.29) is 25.8 Å². The number of aliphatic carboxylic acids is 1. The molecule has 16 heteroatoms. The SMILES string of the molecule is NC(=O)CC[C@H](NC(=O)[C@@H](N)CO)C(=O)N[C@@H](CO)C(=O)N[C@@H](CO)C(=O)N1CCC[C@H]1C(=O)O. The van der Waals surface area contributed by atoms with E-state index in [1.165, 1.54) is 0 Å². The Kier molecular flexibility index (Phi) is 12.0. The Morgan fingerprint density at radius 3 is 1.91 bits per heavy atom. The molecule has 0 saturated carbocycles. The molecule has 1 aliphatic heterocycles. The number of aliphatic hydroxyl groups is 3. The first-order valence-corrected chi connectivity index (χ1v) is 10.8. The van der Waals surface area contributed by atoms with E-state index in [0.29, 0.717) is 6.42 Å². The molecule has 0 aromatic carbocycles. The van der Waals surface area contributed by atoms with Gasteiger partial charge in [-0.1, -0.05) is 0 Å². The van der Waals surface area contributed by atoms with E-state index in [2.05, 4.69) is 16.0 Å². The average Bonchev–Trinajstić information content (AvgIpc) is 3.32. The van der Waals surface area contributed by atoms with E-state index in [1.54, 1.807) is 0 Å². The summed E-state index contributed by atoms with van der Waals surface area (Å²) in [5.41, 5.74) is 10.5. The van der Waals surface area contributed by atoms with Crippen molar-refractivity contribution in [2.75, 3.05) is 26.4 Å². The lowest BCUT2D eigenvalue weighted by Gasteiger charge is -2.28. The van der Waals surface area contributed by atoms with Gasteiger partial charge in [-0.05, 0) is 19.3 Å². The lowest BCUT2D eigenvalue weighted by atomic mass is 10.1. The van der Waals surface area contributed by atoms with Gasteiger partial charge >= 0.3 is 5.97 Å². The molecule has 0 bridgehead atoms. The fraction of sp³-hybridized carbons (Fsp3) is 0.684. The molecule has 0 spiro atoms. The Labute approximate surface area is 200 Å². The fourth-order valence-electron chi connectivity index (χ4n) is 3.33. The monoisotopic (exact) mass is 504 g/mol. The minimum Gasteiger partial charge on any atom is -0.480 e. The Morgan fingerprint density at radius 1 is 0.857 bits per heavy atom. The fourth-order valence-corrected chi connectivity index (χ4v) is 3.33. The van der Waals surface area contributed by atoms with Crippen LogP contribution in [0.1, 0.15) is 25.7 Å². The number of nitrogens with zero attached hydrogens (tertiary/aromatic N) is 1. The van der Waals surface area contributed by atoms with Crippen LogP contribution in [0, 0.1) is 0 Å². The Hall–Kier alpha value is -3.34. The number of primary amides is 1. The van der Waals surface area contributed by atoms with Gasteiger partial charge in [0.1, 0.15) is 30.2 Å². The second-order valence-electron chi connectivity index (χ2n) is 7.87. The maximum absolute atomic E-state index is 12.6. The minimum absolute atomic E-state index is 0.111. The van der Waals surface area contributed by atoms with Gasteiger partial charge in [0.25, 0.3) is 0 Å². The van der Waals surface area contributed by atoms with Crippen molar-refractivity contribution in [2.45, 2.75) is 55.9 Å². The lowest BCUT2D eigenvalue weighted by Crippen LogP contribution is -2.60. The second-order valence-corrected chi connectivity index (χ2v) is 7.87. The molecule has 5 amide bonds. The Balaban J connectivity index is 2.89. The van der Waals surface area contributed by atoms with Gasteiger partial charge in [-0.15, -0.1) is 0 Å². The third-order valence-electron chi connectivity index (χ3n) is 5.28. The van der Waals surface area contributed by atoms with Crippen molar-refractivity contribution < 1.29 is 49.2 Å². The van der Waals surface area contributed by atoms with Crippen LogP contribution >= 0.6 is 0 Å². The number of aliphatic hydroxyl groups excluding tert-OH is 3. The summed E-state index contributed by atoms with van der Waals surface area (Å²) in [4.78, 5) is 73.2. The molecular formula is C19H32N6O10. The maximum Gasteiger partial charge on any atom is 0.326 e. The van der Waals surface area contributed by atoms with Crippen LogP contribution in [0.4, 0.5) is 0 Å². The van der Waals surface area contributed by atoms with Crippen molar-refractivity contribution in [1.29, 1.82) is 0 Å². The van der Waals surface area contributed by atoms with Crippen molar-refractivity contribution in [3.63, 3.8) is 0 Å². The first kappa shape index (κ1) is 29.7. The molecule has 1 rings (SSSR count). The molecule has 0 aliphatic carbocycles.